The third kappa shape index (κ3) is 3.84. The fourth-order valence-electron chi connectivity index (χ4n) is 4.36. The topological polar surface area (TPSA) is 0 Å². The van der Waals surface area contributed by atoms with Gasteiger partial charge in [-0.05, 0) is 67.6 Å². The predicted octanol–water partition coefficient (Wildman–Crippen LogP) is 6.38. The van der Waals surface area contributed by atoms with Gasteiger partial charge in [-0.25, -0.2) is 8.78 Å². The Morgan fingerprint density at radius 3 is 2.57 bits per heavy atom. The molecule has 1 saturated carbocycles. The summed E-state index contributed by atoms with van der Waals surface area (Å²) >= 11 is 0. The Kier molecular flexibility index (Phi) is 5.50. The molecule has 1 fully saturated rings. The maximum absolute atomic E-state index is 13.8. The van der Waals surface area contributed by atoms with Crippen molar-refractivity contribution in [3.8, 4) is 0 Å². The SMILES string of the molecule is CCCCCC1CCC(C2=CCc3c(ccc(F)c3F)C2)CC1. The molecule has 1 aromatic carbocycles. The molecule has 0 amide bonds. The molecule has 1 aromatic rings. The number of hydrogen-bond acceptors (Lipinski definition) is 0. The summed E-state index contributed by atoms with van der Waals surface area (Å²) in [5.41, 5.74) is 3.03. The van der Waals surface area contributed by atoms with Crippen LogP contribution in [-0.2, 0) is 12.8 Å². The van der Waals surface area contributed by atoms with Crippen molar-refractivity contribution in [2.24, 2.45) is 11.8 Å². The van der Waals surface area contributed by atoms with Crippen molar-refractivity contribution in [1.82, 2.24) is 0 Å². The largest absolute Gasteiger partial charge is 0.204 e. The van der Waals surface area contributed by atoms with Crippen molar-refractivity contribution in [3.63, 3.8) is 0 Å². The van der Waals surface area contributed by atoms with E-state index in [4.69, 9.17) is 0 Å². The highest BCUT2D eigenvalue weighted by molar-refractivity contribution is 5.39. The van der Waals surface area contributed by atoms with Crippen LogP contribution >= 0.6 is 0 Å². The quantitative estimate of drug-likeness (QED) is 0.436. The molecule has 0 nitrogen and oxygen atoms in total. The lowest BCUT2D eigenvalue weighted by molar-refractivity contribution is 0.279. The van der Waals surface area contributed by atoms with E-state index >= 15 is 0 Å². The summed E-state index contributed by atoms with van der Waals surface area (Å²) in [5, 5.41) is 0. The van der Waals surface area contributed by atoms with Crippen molar-refractivity contribution in [2.75, 3.05) is 0 Å². The van der Waals surface area contributed by atoms with Gasteiger partial charge in [0.1, 0.15) is 0 Å². The maximum atomic E-state index is 13.8. The lowest BCUT2D eigenvalue weighted by Crippen LogP contribution is -2.19. The molecule has 0 saturated heterocycles. The monoisotopic (exact) mass is 318 g/mol. The minimum atomic E-state index is -0.715. The zero-order valence-electron chi connectivity index (χ0n) is 14.2. The normalized spacial score (nSPS) is 24.2. The van der Waals surface area contributed by atoms with Gasteiger partial charge in [0.15, 0.2) is 11.6 Å². The third-order valence-electron chi connectivity index (χ3n) is 5.84. The highest BCUT2D eigenvalue weighted by Crippen LogP contribution is 2.38. The summed E-state index contributed by atoms with van der Waals surface area (Å²) in [6.07, 6.45) is 14.2. The lowest BCUT2D eigenvalue weighted by atomic mass is 9.74. The van der Waals surface area contributed by atoms with E-state index in [0.29, 0.717) is 17.9 Å². The molecule has 0 spiro atoms. The Morgan fingerprint density at radius 2 is 1.83 bits per heavy atom. The van der Waals surface area contributed by atoms with Crippen LogP contribution in [0.25, 0.3) is 0 Å². The smallest absolute Gasteiger partial charge is 0.162 e. The van der Waals surface area contributed by atoms with Gasteiger partial charge in [-0.1, -0.05) is 50.3 Å². The number of rotatable bonds is 5. The Hall–Kier alpha value is -1.18. The number of allylic oxidation sites excluding steroid dienone is 2. The van der Waals surface area contributed by atoms with Crippen molar-refractivity contribution < 1.29 is 8.78 Å². The van der Waals surface area contributed by atoms with E-state index in [0.717, 1.165) is 17.9 Å². The van der Waals surface area contributed by atoms with Crippen LogP contribution in [0, 0.1) is 23.5 Å². The molecule has 2 aliphatic carbocycles. The highest BCUT2D eigenvalue weighted by atomic mass is 19.2. The summed E-state index contributed by atoms with van der Waals surface area (Å²) < 4.78 is 27.2. The summed E-state index contributed by atoms with van der Waals surface area (Å²) in [7, 11) is 0. The predicted molar refractivity (Wildman–Crippen MR) is 91.4 cm³/mol. The molecule has 0 bridgehead atoms. The van der Waals surface area contributed by atoms with Crippen LogP contribution in [-0.4, -0.2) is 0 Å². The van der Waals surface area contributed by atoms with Crippen molar-refractivity contribution in [2.45, 2.75) is 71.1 Å². The molecule has 2 aliphatic rings. The van der Waals surface area contributed by atoms with Gasteiger partial charge in [-0.15, -0.1) is 0 Å². The van der Waals surface area contributed by atoms with Gasteiger partial charge in [0.2, 0.25) is 0 Å². The molecule has 0 atom stereocenters. The first-order valence-corrected chi connectivity index (χ1v) is 9.33. The fraction of sp³-hybridized carbons (Fsp3) is 0.619. The zero-order valence-corrected chi connectivity index (χ0v) is 14.2. The van der Waals surface area contributed by atoms with Crippen LogP contribution in [0.4, 0.5) is 8.78 Å². The van der Waals surface area contributed by atoms with E-state index in [1.807, 2.05) is 0 Å². The molecule has 0 radical (unpaired) electrons. The van der Waals surface area contributed by atoms with Gasteiger partial charge in [-0.3, -0.25) is 0 Å². The number of benzene rings is 1. The van der Waals surface area contributed by atoms with Crippen LogP contribution in [0.1, 0.15) is 69.4 Å². The van der Waals surface area contributed by atoms with Gasteiger partial charge in [0, 0.05) is 0 Å². The van der Waals surface area contributed by atoms with Crippen molar-refractivity contribution in [1.29, 1.82) is 0 Å². The Labute approximate surface area is 139 Å². The maximum Gasteiger partial charge on any atom is 0.162 e. The number of halogens is 2. The van der Waals surface area contributed by atoms with Gasteiger partial charge >= 0.3 is 0 Å². The summed E-state index contributed by atoms with van der Waals surface area (Å²) in [5.74, 6) is 0.227. The first kappa shape index (κ1) is 16.7. The molecule has 2 heteroatoms. The molecule has 0 aromatic heterocycles. The van der Waals surface area contributed by atoms with E-state index in [9.17, 15) is 8.78 Å². The summed E-state index contributed by atoms with van der Waals surface area (Å²) in [6, 6.07) is 3.05. The molecule has 3 rings (SSSR count). The summed E-state index contributed by atoms with van der Waals surface area (Å²) in [4.78, 5) is 0. The minimum Gasteiger partial charge on any atom is -0.204 e. The standard InChI is InChI=1S/C21H28F2/c1-2-3-4-5-15-6-8-16(9-7-15)17-10-12-19-18(14-17)11-13-20(22)21(19)23/h10-11,13,15-16H,2-9,12,14H2,1H3. The molecule has 23 heavy (non-hydrogen) atoms. The van der Waals surface area contributed by atoms with Crippen molar-refractivity contribution >= 4 is 0 Å². The molecule has 0 aliphatic heterocycles. The highest BCUT2D eigenvalue weighted by Gasteiger charge is 2.26. The number of hydrogen-bond donors (Lipinski definition) is 0. The van der Waals surface area contributed by atoms with Gasteiger partial charge < -0.3 is 0 Å². The van der Waals surface area contributed by atoms with Crippen LogP contribution in [0.5, 0.6) is 0 Å². The number of fused-ring (bicyclic) bond motifs is 1. The molecule has 0 heterocycles. The molecular formula is C21H28F2. The molecular weight excluding hydrogens is 290 g/mol. The second kappa shape index (κ2) is 7.59. The van der Waals surface area contributed by atoms with Crippen LogP contribution in [0.2, 0.25) is 0 Å². The fourth-order valence-corrected chi connectivity index (χ4v) is 4.36. The van der Waals surface area contributed by atoms with E-state index < -0.39 is 11.6 Å². The molecule has 0 N–H and O–H groups in total. The average Bonchev–Trinajstić information content (AvgIpc) is 2.59. The van der Waals surface area contributed by atoms with Crippen LogP contribution in [0.15, 0.2) is 23.8 Å². The Bertz CT molecular complexity index is 565. The van der Waals surface area contributed by atoms with E-state index in [2.05, 4.69) is 13.0 Å². The Morgan fingerprint density at radius 1 is 1.04 bits per heavy atom. The lowest BCUT2D eigenvalue weighted by Gasteiger charge is -2.32. The second-order valence-electron chi connectivity index (χ2n) is 7.37. The zero-order chi connectivity index (χ0) is 16.2. The first-order valence-electron chi connectivity index (χ1n) is 9.33. The minimum absolute atomic E-state index is 0.560. The van der Waals surface area contributed by atoms with Gasteiger partial charge in [0.25, 0.3) is 0 Å². The second-order valence-corrected chi connectivity index (χ2v) is 7.37. The van der Waals surface area contributed by atoms with E-state index in [-0.39, 0.29) is 0 Å². The van der Waals surface area contributed by atoms with Crippen LogP contribution in [0.3, 0.4) is 0 Å². The number of unbranched alkanes of at least 4 members (excludes halogenated alkanes) is 2. The molecule has 126 valence electrons. The Balaban J connectivity index is 1.56. The molecule has 0 unspecified atom stereocenters. The van der Waals surface area contributed by atoms with Crippen LogP contribution < -0.4 is 0 Å². The van der Waals surface area contributed by atoms with Gasteiger partial charge in [-0.2, -0.15) is 0 Å². The first-order chi connectivity index (χ1) is 11.2. The third-order valence-corrected chi connectivity index (χ3v) is 5.84. The summed E-state index contributed by atoms with van der Waals surface area (Å²) in [6.45, 7) is 2.26. The van der Waals surface area contributed by atoms with Crippen molar-refractivity contribution in [3.05, 3.63) is 46.5 Å². The average molecular weight is 318 g/mol. The van der Waals surface area contributed by atoms with E-state index in [1.54, 1.807) is 6.07 Å². The van der Waals surface area contributed by atoms with E-state index in [1.165, 1.54) is 63.0 Å². The van der Waals surface area contributed by atoms with Gasteiger partial charge in [0.05, 0.1) is 0 Å².